The van der Waals surface area contributed by atoms with E-state index in [1.54, 1.807) is 11.8 Å². The monoisotopic (exact) mass is 294 g/mol. The van der Waals surface area contributed by atoms with Gasteiger partial charge in [0.15, 0.2) is 5.11 Å². The highest BCUT2D eigenvalue weighted by atomic mass is 32.2. The molecule has 104 valence electrons. The molecule has 1 aliphatic rings. The lowest BCUT2D eigenvalue weighted by Crippen LogP contribution is -2.43. The number of thiocarbonyl (C=S) groups is 1. The highest BCUT2D eigenvalue weighted by Crippen LogP contribution is 2.24. The summed E-state index contributed by atoms with van der Waals surface area (Å²) in [4.78, 5) is 1.25. The third-order valence-electron chi connectivity index (χ3n) is 3.76. The molecule has 1 aromatic rings. The van der Waals surface area contributed by atoms with Crippen molar-refractivity contribution < 1.29 is 0 Å². The molecule has 2 rings (SSSR count). The zero-order valence-electron chi connectivity index (χ0n) is 11.6. The minimum atomic E-state index is 0.525. The van der Waals surface area contributed by atoms with Crippen LogP contribution < -0.4 is 10.6 Å². The van der Waals surface area contributed by atoms with E-state index in [-0.39, 0.29) is 0 Å². The van der Waals surface area contributed by atoms with Gasteiger partial charge in [-0.3, -0.25) is 0 Å². The molecule has 0 aromatic heterocycles. The number of hydrogen-bond acceptors (Lipinski definition) is 2. The topological polar surface area (TPSA) is 24.1 Å². The third kappa shape index (κ3) is 4.39. The van der Waals surface area contributed by atoms with Crippen LogP contribution in [-0.4, -0.2) is 17.4 Å². The molecule has 19 heavy (non-hydrogen) atoms. The standard InChI is InChI=1S/C15H22N2S2/c1-11-6-3-4-9-14(11)17-15(18)16-12-7-5-8-13(10-12)19-2/h5,7-8,10-11,14H,3-4,6,9H2,1-2H3,(H2,16,17,18)/t11-,14+/m0/s1. The smallest absolute Gasteiger partial charge is 0.171 e. The van der Waals surface area contributed by atoms with Crippen molar-refractivity contribution in [1.29, 1.82) is 0 Å². The summed E-state index contributed by atoms with van der Waals surface area (Å²) in [5, 5.41) is 7.51. The summed E-state index contributed by atoms with van der Waals surface area (Å²) in [5.41, 5.74) is 1.06. The van der Waals surface area contributed by atoms with Crippen LogP contribution >= 0.6 is 24.0 Å². The second-order valence-corrected chi connectivity index (χ2v) is 6.49. The molecule has 0 spiro atoms. The Labute approximate surface area is 125 Å². The molecule has 2 nitrogen and oxygen atoms in total. The average molecular weight is 294 g/mol. The van der Waals surface area contributed by atoms with Gasteiger partial charge < -0.3 is 10.6 Å². The zero-order valence-corrected chi connectivity index (χ0v) is 13.2. The van der Waals surface area contributed by atoms with Gasteiger partial charge in [0.25, 0.3) is 0 Å². The van der Waals surface area contributed by atoms with E-state index in [0.717, 1.165) is 10.8 Å². The minimum absolute atomic E-state index is 0.525. The van der Waals surface area contributed by atoms with E-state index >= 15 is 0 Å². The van der Waals surface area contributed by atoms with Gasteiger partial charge in [-0.1, -0.05) is 25.8 Å². The molecule has 1 aliphatic carbocycles. The maximum Gasteiger partial charge on any atom is 0.171 e. The van der Waals surface area contributed by atoms with Gasteiger partial charge in [0.1, 0.15) is 0 Å². The lowest BCUT2D eigenvalue weighted by atomic mass is 9.86. The van der Waals surface area contributed by atoms with Crippen molar-refractivity contribution in [3.8, 4) is 0 Å². The fraction of sp³-hybridized carbons (Fsp3) is 0.533. The SMILES string of the molecule is CSc1cccc(NC(=S)N[C@@H]2CCCC[C@@H]2C)c1. The molecule has 0 heterocycles. The molecule has 2 atom stereocenters. The predicted molar refractivity (Wildman–Crippen MR) is 89.0 cm³/mol. The van der Waals surface area contributed by atoms with Crippen LogP contribution in [0.4, 0.5) is 5.69 Å². The van der Waals surface area contributed by atoms with Gasteiger partial charge in [-0.15, -0.1) is 11.8 Å². The molecule has 1 fully saturated rings. The van der Waals surface area contributed by atoms with Gasteiger partial charge in [-0.05, 0) is 55.4 Å². The highest BCUT2D eigenvalue weighted by Gasteiger charge is 2.21. The third-order valence-corrected chi connectivity index (χ3v) is 4.70. The number of hydrogen-bond donors (Lipinski definition) is 2. The molecule has 1 saturated carbocycles. The van der Waals surface area contributed by atoms with E-state index in [1.165, 1.54) is 30.6 Å². The summed E-state index contributed by atoms with van der Waals surface area (Å²) in [7, 11) is 0. The zero-order chi connectivity index (χ0) is 13.7. The number of anilines is 1. The Bertz CT molecular complexity index is 434. The fourth-order valence-electron chi connectivity index (χ4n) is 2.57. The first-order chi connectivity index (χ1) is 9.19. The van der Waals surface area contributed by atoms with Crippen LogP contribution in [0.15, 0.2) is 29.2 Å². The molecule has 0 saturated heterocycles. The van der Waals surface area contributed by atoms with Crippen LogP contribution in [0.2, 0.25) is 0 Å². The van der Waals surface area contributed by atoms with Gasteiger partial charge in [0.05, 0.1) is 0 Å². The number of benzene rings is 1. The van der Waals surface area contributed by atoms with Crippen molar-refractivity contribution >= 4 is 34.8 Å². The summed E-state index contributed by atoms with van der Waals surface area (Å²) in [5.74, 6) is 0.714. The van der Waals surface area contributed by atoms with Gasteiger partial charge in [-0.2, -0.15) is 0 Å². The molecule has 1 aromatic carbocycles. The van der Waals surface area contributed by atoms with E-state index in [2.05, 4.69) is 48.1 Å². The summed E-state index contributed by atoms with van der Waals surface area (Å²) in [6, 6.07) is 8.87. The quantitative estimate of drug-likeness (QED) is 0.642. The average Bonchev–Trinajstić information content (AvgIpc) is 2.41. The van der Waals surface area contributed by atoms with E-state index < -0.39 is 0 Å². The molecule has 0 radical (unpaired) electrons. The Hall–Kier alpha value is -0.740. The van der Waals surface area contributed by atoms with E-state index in [9.17, 15) is 0 Å². The van der Waals surface area contributed by atoms with Crippen LogP contribution in [0.1, 0.15) is 32.6 Å². The van der Waals surface area contributed by atoms with Crippen LogP contribution in [0, 0.1) is 5.92 Å². The van der Waals surface area contributed by atoms with Gasteiger partial charge in [-0.25, -0.2) is 0 Å². The number of nitrogens with one attached hydrogen (secondary N) is 2. The summed E-state index contributed by atoms with van der Waals surface area (Å²) >= 11 is 7.16. The Morgan fingerprint density at radius 2 is 2.11 bits per heavy atom. The Morgan fingerprint density at radius 3 is 2.84 bits per heavy atom. The maximum absolute atomic E-state index is 5.42. The number of rotatable bonds is 3. The van der Waals surface area contributed by atoms with Crippen molar-refractivity contribution in [2.45, 2.75) is 43.5 Å². The van der Waals surface area contributed by atoms with E-state index in [4.69, 9.17) is 12.2 Å². The Morgan fingerprint density at radius 1 is 1.32 bits per heavy atom. The second-order valence-electron chi connectivity index (χ2n) is 5.20. The van der Waals surface area contributed by atoms with Crippen LogP contribution in [0.5, 0.6) is 0 Å². The first-order valence-electron chi connectivity index (χ1n) is 6.90. The first kappa shape index (κ1) is 14.7. The first-order valence-corrected chi connectivity index (χ1v) is 8.54. The number of thioether (sulfide) groups is 1. The molecule has 0 unspecified atom stereocenters. The van der Waals surface area contributed by atoms with Gasteiger partial charge in [0, 0.05) is 16.6 Å². The van der Waals surface area contributed by atoms with Gasteiger partial charge in [0.2, 0.25) is 0 Å². The van der Waals surface area contributed by atoms with Crippen molar-refractivity contribution in [3.05, 3.63) is 24.3 Å². The van der Waals surface area contributed by atoms with Crippen molar-refractivity contribution in [2.24, 2.45) is 5.92 Å². The van der Waals surface area contributed by atoms with Crippen LogP contribution in [0.3, 0.4) is 0 Å². The van der Waals surface area contributed by atoms with Crippen molar-refractivity contribution in [3.63, 3.8) is 0 Å². The largest absolute Gasteiger partial charge is 0.359 e. The summed E-state index contributed by atoms with van der Waals surface area (Å²) in [6.07, 6.45) is 7.29. The molecule has 0 amide bonds. The van der Waals surface area contributed by atoms with Crippen LogP contribution in [-0.2, 0) is 0 Å². The van der Waals surface area contributed by atoms with E-state index in [1.807, 2.05) is 0 Å². The Kier molecular flexibility index (Phi) is 5.52. The lowest BCUT2D eigenvalue weighted by Gasteiger charge is -2.30. The molecule has 2 N–H and O–H groups in total. The normalized spacial score (nSPS) is 22.8. The Balaban J connectivity index is 1.89. The van der Waals surface area contributed by atoms with Crippen molar-refractivity contribution in [2.75, 3.05) is 11.6 Å². The molecule has 0 aliphatic heterocycles. The molecular formula is C15H22N2S2. The minimum Gasteiger partial charge on any atom is -0.359 e. The van der Waals surface area contributed by atoms with Gasteiger partial charge >= 0.3 is 0 Å². The molecule has 0 bridgehead atoms. The van der Waals surface area contributed by atoms with Crippen molar-refractivity contribution in [1.82, 2.24) is 5.32 Å². The highest BCUT2D eigenvalue weighted by molar-refractivity contribution is 7.98. The molecule has 4 heteroatoms. The van der Waals surface area contributed by atoms with E-state index in [0.29, 0.717) is 12.0 Å². The second kappa shape index (κ2) is 7.15. The molecular weight excluding hydrogens is 272 g/mol. The van der Waals surface area contributed by atoms with Crippen LogP contribution in [0.25, 0.3) is 0 Å². The summed E-state index contributed by atoms with van der Waals surface area (Å²) < 4.78 is 0. The summed E-state index contributed by atoms with van der Waals surface area (Å²) in [6.45, 7) is 2.31. The maximum atomic E-state index is 5.42. The predicted octanol–water partition coefficient (Wildman–Crippen LogP) is 4.27. The fourth-order valence-corrected chi connectivity index (χ4v) is 3.30. The lowest BCUT2D eigenvalue weighted by molar-refractivity contribution is 0.309.